The van der Waals surface area contributed by atoms with Gasteiger partial charge in [-0.3, -0.25) is 14.8 Å². The molecule has 1 aromatic heterocycles. The van der Waals surface area contributed by atoms with Gasteiger partial charge in [0, 0.05) is 61.9 Å². The Kier molecular flexibility index (Phi) is 4.73. The lowest BCUT2D eigenvalue weighted by atomic mass is 9.96. The molecule has 2 aromatic rings. The van der Waals surface area contributed by atoms with Gasteiger partial charge in [0.15, 0.2) is 5.75 Å². The molecular weight excluding hydrogens is 348 g/mol. The van der Waals surface area contributed by atoms with E-state index in [0.29, 0.717) is 11.7 Å². The Morgan fingerprint density at radius 2 is 2.04 bits per heavy atom. The number of aryl methyl sites for hydroxylation is 1. The van der Waals surface area contributed by atoms with Gasteiger partial charge in [0.2, 0.25) is 0 Å². The van der Waals surface area contributed by atoms with Gasteiger partial charge in [-0.15, -0.1) is 0 Å². The monoisotopic (exact) mass is 372 g/mol. The number of aliphatic hydroxyl groups excluding tert-OH is 1. The molecule has 144 valence electrons. The van der Waals surface area contributed by atoms with Gasteiger partial charge in [0.05, 0.1) is 17.2 Å². The summed E-state index contributed by atoms with van der Waals surface area (Å²) in [5, 5.41) is 25.3. The molecular formula is C19H24N4O4. The summed E-state index contributed by atoms with van der Waals surface area (Å²) in [5.74, 6) is 0.665. The number of aliphatic hydroxyl groups is 1. The number of piperidine rings is 1. The maximum Gasteiger partial charge on any atom is 0.311 e. The summed E-state index contributed by atoms with van der Waals surface area (Å²) in [4.78, 5) is 13.5. The highest BCUT2D eigenvalue weighted by molar-refractivity contribution is 5.82. The van der Waals surface area contributed by atoms with E-state index < -0.39 is 0 Å². The van der Waals surface area contributed by atoms with Crippen molar-refractivity contribution in [3.05, 3.63) is 34.6 Å². The molecule has 1 aliphatic carbocycles. The van der Waals surface area contributed by atoms with E-state index >= 15 is 0 Å². The van der Waals surface area contributed by atoms with E-state index in [0.717, 1.165) is 55.6 Å². The number of nitro groups is 1. The van der Waals surface area contributed by atoms with Crippen LogP contribution >= 0.6 is 0 Å². The van der Waals surface area contributed by atoms with Crippen LogP contribution < -0.4 is 9.64 Å². The molecule has 8 heteroatoms. The van der Waals surface area contributed by atoms with Gasteiger partial charge in [0.25, 0.3) is 0 Å². The highest BCUT2D eigenvalue weighted by atomic mass is 16.6. The molecule has 27 heavy (non-hydrogen) atoms. The summed E-state index contributed by atoms with van der Waals surface area (Å²) in [6.45, 7) is 1.82. The van der Waals surface area contributed by atoms with Gasteiger partial charge >= 0.3 is 5.69 Å². The number of aromatic nitrogens is 2. The summed E-state index contributed by atoms with van der Waals surface area (Å²) in [7, 11) is 1.83. The van der Waals surface area contributed by atoms with Crippen LogP contribution in [0.15, 0.2) is 24.5 Å². The van der Waals surface area contributed by atoms with Crippen molar-refractivity contribution < 1.29 is 14.8 Å². The molecule has 0 radical (unpaired) electrons. The summed E-state index contributed by atoms with van der Waals surface area (Å²) >= 11 is 0. The van der Waals surface area contributed by atoms with E-state index in [9.17, 15) is 15.2 Å². The minimum atomic E-state index is -0.376. The number of hydrogen-bond donors (Lipinski definition) is 1. The Hall–Kier alpha value is -2.61. The number of benzene rings is 1. The first-order valence-corrected chi connectivity index (χ1v) is 9.39. The van der Waals surface area contributed by atoms with E-state index in [2.05, 4.69) is 10.00 Å². The molecule has 0 amide bonds. The Balaban J connectivity index is 1.77. The van der Waals surface area contributed by atoms with Crippen LogP contribution in [0.1, 0.15) is 25.7 Å². The average Bonchev–Trinajstić information content (AvgIpc) is 3.38. The van der Waals surface area contributed by atoms with Crippen molar-refractivity contribution in [3.8, 4) is 16.9 Å². The van der Waals surface area contributed by atoms with E-state index in [1.165, 1.54) is 0 Å². The van der Waals surface area contributed by atoms with Crippen LogP contribution in [0.25, 0.3) is 11.1 Å². The first-order chi connectivity index (χ1) is 13.0. The van der Waals surface area contributed by atoms with Gasteiger partial charge in [-0.05, 0) is 31.6 Å². The zero-order chi connectivity index (χ0) is 19.0. The minimum Gasteiger partial charge on any atom is -0.483 e. The van der Waals surface area contributed by atoms with Crippen molar-refractivity contribution in [1.82, 2.24) is 9.78 Å². The predicted octanol–water partition coefficient (Wildman–Crippen LogP) is 2.75. The Bertz CT molecular complexity index is 838. The van der Waals surface area contributed by atoms with E-state index in [1.807, 2.05) is 19.3 Å². The molecule has 0 unspecified atom stereocenters. The molecule has 8 nitrogen and oxygen atoms in total. The zero-order valence-corrected chi connectivity index (χ0v) is 15.4. The van der Waals surface area contributed by atoms with E-state index in [-0.39, 0.29) is 23.3 Å². The molecule has 1 N–H and O–H groups in total. The van der Waals surface area contributed by atoms with Crippen molar-refractivity contribution in [2.45, 2.75) is 31.8 Å². The van der Waals surface area contributed by atoms with E-state index in [1.54, 1.807) is 16.9 Å². The maximum absolute atomic E-state index is 11.6. The van der Waals surface area contributed by atoms with Gasteiger partial charge in [-0.25, -0.2) is 0 Å². The summed E-state index contributed by atoms with van der Waals surface area (Å²) < 4.78 is 7.55. The molecule has 0 spiro atoms. The molecule has 4 rings (SSSR count). The lowest BCUT2D eigenvalue weighted by Crippen LogP contribution is -2.35. The molecule has 2 fully saturated rings. The first-order valence-electron chi connectivity index (χ1n) is 9.39. The number of hydrogen-bond acceptors (Lipinski definition) is 6. The van der Waals surface area contributed by atoms with Crippen molar-refractivity contribution >= 4 is 11.4 Å². The smallest absolute Gasteiger partial charge is 0.311 e. The van der Waals surface area contributed by atoms with Crippen molar-refractivity contribution in [3.63, 3.8) is 0 Å². The fraction of sp³-hybridized carbons (Fsp3) is 0.526. The van der Waals surface area contributed by atoms with Crippen molar-refractivity contribution in [1.29, 1.82) is 0 Å². The summed E-state index contributed by atoms with van der Waals surface area (Å²) in [6, 6.07) is 3.43. The van der Waals surface area contributed by atoms with Crippen molar-refractivity contribution in [2.75, 3.05) is 24.6 Å². The van der Waals surface area contributed by atoms with Crippen LogP contribution in [-0.2, 0) is 7.05 Å². The summed E-state index contributed by atoms with van der Waals surface area (Å²) in [5.41, 5.74) is 2.56. The highest BCUT2D eigenvalue weighted by Gasteiger charge is 2.30. The number of anilines is 1. The second-order valence-electron chi connectivity index (χ2n) is 7.43. The third-order valence-electron chi connectivity index (χ3n) is 5.32. The summed E-state index contributed by atoms with van der Waals surface area (Å²) in [6.07, 6.45) is 7.37. The fourth-order valence-corrected chi connectivity index (χ4v) is 3.57. The SMILES string of the molecule is Cn1cc(-c2cc([N+](=O)[O-])c(OC3CC3)cc2N2CCC(CO)CC2)cn1. The van der Waals surface area contributed by atoms with Crippen molar-refractivity contribution in [2.24, 2.45) is 13.0 Å². The maximum atomic E-state index is 11.6. The van der Waals surface area contributed by atoms with Crippen LogP contribution in [-0.4, -0.2) is 45.6 Å². The molecule has 0 atom stereocenters. The largest absolute Gasteiger partial charge is 0.483 e. The highest BCUT2D eigenvalue weighted by Crippen LogP contribution is 2.43. The predicted molar refractivity (Wildman–Crippen MR) is 101 cm³/mol. The number of nitro benzene ring substituents is 1. The average molecular weight is 372 g/mol. The first kappa shape index (κ1) is 17.8. The van der Waals surface area contributed by atoms with Crippen LogP contribution in [0.3, 0.4) is 0 Å². The number of rotatable bonds is 6. The molecule has 1 aromatic carbocycles. The lowest BCUT2D eigenvalue weighted by molar-refractivity contribution is -0.385. The third kappa shape index (κ3) is 3.75. The molecule has 1 aliphatic heterocycles. The second kappa shape index (κ2) is 7.19. The van der Waals surface area contributed by atoms with E-state index in [4.69, 9.17) is 4.74 Å². The Labute approximate surface area is 157 Å². The van der Waals surface area contributed by atoms with Crippen LogP contribution in [0.4, 0.5) is 11.4 Å². The molecule has 1 saturated heterocycles. The normalized spacial score (nSPS) is 17.9. The minimum absolute atomic E-state index is 0.00486. The molecule has 1 saturated carbocycles. The molecule has 0 bridgehead atoms. The second-order valence-corrected chi connectivity index (χ2v) is 7.43. The number of ether oxygens (including phenoxy) is 1. The number of nitrogens with zero attached hydrogens (tertiary/aromatic N) is 4. The topological polar surface area (TPSA) is 93.7 Å². The standard InChI is InChI=1S/C19H24N4O4/c1-21-11-14(10-20-21)16-8-18(23(25)26)19(27-15-2-3-15)9-17(16)22-6-4-13(12-24)5-7-22/h8-11,13,15,24H,2-7,12H2,1H3. The van der Waals surface area contributed by atoms with Gasteiger partial charge < -0.3 is 14.7 Å². The Morgan fingerprint density at radius 1 is 1.30 bits per heavy atom. The van der Waals surface area contributed by atoms with Crippen LogP contribution in [0.5, 0.6) is 5.75 Å². The zero-order valence-electron chi connectivity index (χ0n) is 15.4. The third-order valence-corrected chi connectivity index (χ3v) is 5.32. The molecule has 2 heterocycles. The fourth-order valence-electron chi connectivity index (χ4n) is 3.57. The quantitative estimate of drug-likeness (QED) is 0.619. The van der Waals surface area contributed by atoms with Crippen LogP contribution in [0.2, 0.25) is 0 Å². The van der Waals surface area contributed by atoms with Crippen LogP contribution in [0, 0.1) is 16.0 Å². The Morgan fingerprint density at radius 3 is 2.59 bits per heavy atom. The molecule has 2 aliphatic rings. The lowest BCUT2D eigenvalue weighted by Gasteiger charge is -2.34. The van der Waals surface area contributed by atoms with Gasteiger partial charge in [-0.2, -0.15) is 5.10 Å². The van der Waals surface area contributed by atoms with Gasteiger partial charge in [-0.1, -0.05) is 0 Å². The van der Waals surface area contributed by atoms with Gasteiger partial charge in [0.1, 0.15) is 0 Å².